The summed E-state index contributed by atoms with van der Waals surface area (Å²) in [5.41, 5.74) is 1.15. The normalized spacial score (nSPS) is 12.9. The van der Waals surface area contributed by atoms with Crippen LogP contribution in [-0.4, -0.2) is 26.9 Å². The highest BCUT2D eigenvalue weighted by atomic mass is 33.1. The van der Waals surface area contributed by atoms with Crippen molar-refractivity contribution in [3.8, 4) is 0 Å². The minimum Gasteiger partial charge on any atom is -0.199 e. The maximum absolute atomic E-state index is 13.0. The minimum atomic E-state index is -4.00. The van der Waals surface area contributed by atoms with Gasteiger partial charge in [-0.1, -0.05) is 97.1 Å². The molecule has 4 aromatic carbocycles. The van der Waals surface area contributed by atoms with Gasteiger partial charge in [0.15, 0.2) is 0 Å². The molecule has 10 heteroatoms. The molecule has 0 aliphatic rings. The topological polar surface area (TPSA) is 93.0 Å². The molecule has 4 rings (SSSR count). The first-order valence-corrected chi connectivity index (χ1v) is 15.6. The molecule has 0 fully saturated rings. The second-order valence-corrected chi connectivity index (χ2v) is 12.6. The van der Waals surface area contributed by atoms with Crippen molar-refractivity contribution in [1.82, 2.24) is 0 Å². The predicted molar refractivity (Wildman–Crippen MR) is 148 cm³/mol. The molecular weight excluding hydrogens is 533 g/mol. The zero-order chi connectivity index (χ0) is 25.4. The van der Waals surface area contributed by atoms with E-state index in [1.807, 2.05) is 12.1 Å². The number of rotatable bonds is 6. The molecule has 0 radical (unpaired) electrons. The molecule has 0 amide bonds. The summed E-state index contributed by atoms with van der Waals surface area (Å²) in [6.45, 7) is 0. The van der Waals surface area contributed by atoms with Crippen molar-refractivity contribution < 1.29 is 16.8 Å². The van der Waals surface area contributed by atoms with Gasteiger partial charge in [0.1, 0.15) is 10.1 Å². The van der Waals surface area contributed by atoms with E-state index in [0.717, 1.165) is 21.6 Å². The Morgan fingerprint density at radius 2 is 0.722 bits per heavy atom. The third-order valence-electron chi connectivity index (χ3n) is 4.73. The maximum atomic E-state index is 13.0. The van der Waals surface area contributed by atoms with Crippen LogP contribution in [0.2, 0.25) is 0 Å². The molecule has 0 unspecified atom stereocenters. The van der Waals surface area contributed by atoms with Gasteiger partial charge in [0.25, 0.3) is 20.0 Å². The summed E-state index contributed by atoms with van der Waals surface area (Å²) in [7, 11) is -5.95. The zero-order valence-corrected chi connectivity index (χ0v) is 22.0. The first-order valence-electron chi connectivity index (χ1n) is 10.6. The summed E-state index contributed by atoms with van der Waals surface area (Å²) in [5.74, 6) is 0. The zero-order valence-electron chi connectivity index (χ0n) is 18.7. The van der Waals surface area contributed by atoms with Crippen LogP contribution in [0.4, 0.5) is 0 Å². The van der Waals surface area contributed by atoms with E-state index in [1.54, 1.807) is 84.9 Å². The van der Waals surface area contributed by atoms with Gasteiger partial charge in [-0.3, -0.25) is 0 Å². The van der Waals surface area contributed by atoms with Crippen molar-refractivity contribution in [2.75, 3.05) is 0 Å². The van der Waals surface area contributed by atoms with Gasteiger partial charge in [0.2, 0.25) is 0 Å². The molecule has 0 bridgehead atoms. The van der Waals surface area contributed by atoms with Crippen LogP contribution in [0.25, 0.3) is 0 Å². The van der Waals surface area contributed by atoms with Crippen molar-refractivity contribution >= 4 is 51.7 Å². The Bertz CT molecular complexity index is 1450. The van der Waals surface area contributed by atoms with Crippen molar-refractivity contribution in [3.63, 3.8) is 0 Å². The molecule has 0 atom stereocenters. The molecule has 0 N–H and O–H groups in total. The van der Waals surface area contributed by atoms with E-state index < -0.39 is 20.0 Å². The summed E-state index contributed by atoms with van der Waals surface area (Å²) in [6.07, 6.45) is 0. The Morgan fingerprint density at radius 1 is 0.444 bits per heavy atom. The average molecular weight is 553 g/mol. The molecule has 0 saturated heterocycles. The highest BCUT2D eigenvalue weighted by Gasteiger charge is 2.20. The van der Waals surface area contributed by atoms with E-state index in [0.29, 0.717) is 11.1 Å². The molecule has 0 heterocycles. The lowest BCUT2D eigenvalue weighted by atomic mass is 10.2. The standard InChI is InChI=1S/C26H20N2O4S4/c29-35(30,23-17-9-3-10-18-23)27-25(21-13-5-1-6-14-21)33-34-26(22-15-7-2-8-16-22)28-36(31,32)24-19-11-4-12-20-24/h1-20H. The summed E-state index contributed by atoms with van der Waals surface area (Å²) < 4.78 is 60.2. The highest BCUT2D eigenvalue weighted by Crippen LogP contribution is 2.33. The Labute approximate surface area is 218 Å². The Balaban J connectivity index is 1.74. The van der Waals surface area contributed by atoms with E-state index in [4.69, 9.17) is 0 Å². The van der Waals surface area contributed by atoms with E-state index in [2.05, 4.69) is 8.80 Å². The van der Waals surface area contributed by atoms with Crippen LogP contribution in [0.5, 0.6) is 0 Å². The smallest absolute Gasteiger partial charge is 0.199 e. The molecule has 182 valence electrons. The van der Waals surface area contributed by atoms with Gasteiger partial charge in [-0.2, -0.15) is 25.6 Å². The van der Waals surface area contributed by atoms with Gasteiger partial charge in [-0.05, 0) is 45.9 Å². The molecule has 6 nitrogen and oxygen atoms in total. The largest absolute Gasteiger partial charge is 0.283 e. The number of hydrogen-bond acceptors (Lipinski definition) is 6. The number of hydrogen-bond donors (Lipinski definition) is 0. The van der Waals surface area contributed by atoms with Gasteiger partial charge in [-0.15, -0.1) is 0 Å². The van der Waals surface area contributed by atoms with Gasteiger partial charge >= 0.3 is 0 Å². The quantitative estimate of drug-likeness (QED) is 0.165. The van der Waals surface area contributed by atoms with Crippen LogP contribution in [0.1, 0.15) is 11.1 Å². The average Bonchev–Trinajstić information content (AvgIpc) is 2.92. The maximum Gasteiger partial charge on any atom is 0.283 e. The first kappa shape index (κ1) is 25.9. The molecule has 0 aliphatic heterocycles. The minimum absolute atomic E-state index is 0.0626. The van der Waals surface area contributed by atoms with Gasteiger partial charge in [-0.25, -0.2) is 0 Å². The number of sulfonamides is 2. The Kier molecular flexibility index (Phi) is 8.42. The first-order chi connectivity index (χ1) is 17.4. The van der Waals surface area contributed by atoms with Gasteiger partial charge in [0.05, 0.1) is 9.79 Å². The second kappa shape index (κ2) is 11.7. The van der Waals surface area contributed by atoms with E-state index in [1.165, 1.54) is 24.3 Å². The van der Waals surface area contributed by atoms with Crippen molar-refractivity contribution in [3.05, 3.63) is 132 Å². The molecule has 4 aromatic rings. The van der Waals surface area contributed by atoms with Crippen LogP contribution in [0.3, 0.4) is 0 Å². The van der Waals surface area contributed by atoms with Crippen molar-refractivity contribution in [1.29, 1.82) is 0 Å². The lowest BCUT2D eigenvalue weighted by Crippen LogP contribution is -2.05. The van der Waals surface area contributed by atoms with Crippen molar-refractivity contribution in [2.45, 2.75) is 9.79 Å². The SMILES string of the molecule is O=S(=O)(N=C(SSC(=NS(=O)(=O)c1ccccc1)c1ccccc1)c1ccccc1)c1ccccc1. The van der Waals surface area contributed by atoms with E-state index in [9.17, 15) is 16.8 Å². The van der Waals surface area contributed by atoms with Crippen LogP contribution in [0, 0.1) is 0 Å². The molecule has 36 heavy (non-hydrogen) atoms. The van der Waals surface area contributed by atoms with Crippen LogP contribution in [-0.2, 0) is 20.0 Å². The third kappa shape index (κ3) is 6.73. The monoisotopic (exact) mass is 552 g/mol. The van der Waals surface area contributed by atoms with Crippen LogP contribution >= 0.6 is 21.6 Å². The summed E-state index contributed by atoms with van der Waals surface area (Å²) in [4.78, 5) is 0.125. The number of benzene rings is 4. The number of nitrogens with zero attached hydrogens (tertiary/aromatic N) is 2. The van der Waals surface area contributed by atoms with Crippen LogP contribution in [0.15, 0.2) is 140 Å². The van der Waals surface area contributed by atoms with E-state index in [-0.39, 0.29) is 19.9 Å². The predicted octanol–water partition coefficient (Wildman–Crippen LogP) is 6.04. The fraction of sp³-hybridized carbons (Fsp3) is 0. The second-order valence-electron chi connectivity index (χ2n) is 7.27. The lowest BCUT2D eigenvalue weighted by Gasteiger charge is -2.09. The molecule has 0 aromatic heterocycles. The van der Waals surface area contributed by atoms with Gasteiger partial charge in [0, 0.05) is 11.1 Å². The lowest BCUT2D eigenvalue weighted by molar-refractivity contribution is 0.596. The van der Waals surface area contributed by atoms with E-state index >= 15 is 0 Å². The Morgan fingerprint density at radius 3 is 1.03 bits per heavy atom. The summed E-state index contributed by atoms with van der Waals surface area (Å²) in [5, 5.41) is 0.399. The fourth-order valence-corrected chi connectivity index (χ4v) is 7.89. The molecule has 0 spiro atoms. The molecule has 0 aliphatic carbocycles. The Hall–Kier alpha value is -3.18. The van der Waals surface area contributed by atoms with Crippen molar-refractivity contribution in [2.24, 2.45) is 8.80 Å². The summed E-state index contributed by atoms with van der Waals surface area (Å²) >= 11 is 0. The highest BCUT2D eigenvalue weighted by molar-refractivity contribution is 8.87. The molecular formula is C26H20N2O4S4. The summed E-state index contributed by atoms with van der Waals surface area (Å²) in [6, 6.07) is 33.5. The fourth-order valence-electron chi connectivity index (χ4n) is 2.98. The van der Waals surface area contributed by atoms with Crippen LogP contribution < -0.4 is 0 Å². The third-order valence-corrected chi connectivity index (χ3v) is 9.79. The van der Waals surface area contributed by atoms with Gasteiger partial charge < -0.3 is 0 Å². The molecule has 0 saturated carbocycles.